The Morgan fingerprint density at radius 1 is 1.21 bits per heavy atom. The third kappa shape index (κ3) is 2.59. The van der Waals surface area contributed by atoms with Gasteiger partial charge in [-0.05, 0) is 32.9 Å². The molecular weight excluding hydrogens is 240 g/mol. The molecule has 5 heteroatoms. The standard InChI is InChI=1S/C14H18N4O/c1-8-5-9(2)7-11(6-8)14(19)16-13-12(15)10(3)17-18(13)4/h5-7H,15H2,1-4H3,(H,16,19). The van der Waals surface area contributed by atoms with E-state index in [1.54, 1.807) is 11.7 Å². The first-order valence-electron chi connectivity index (χ1n) is 6.07. The predicted molar refractivity (Wildman–Crippen MR) is 76.2 cm³/mol. The minimum absolute atomic E-state index is 0.179. The van der Waals surface area contributed by atoms with Crippen LogP contribution in [0.3, 0.4) is 0 Å². The Kier molecular flexibility index (Phi) is 3.29. The molecule has 0 unspecified atom stereocenters. The molecule has 0 atom stereocenters. The summed E-state index contributed by atoms with van der Waals surface area (Å²) in [5, 5.41) is 6.98. The zero-order valence-corrected chi connectivity index (χ0v) is 11.6. The highest BCUT2D eigenvalue weighted by Crippen LogP contribution is 2.21. The number of nitrogens with two attached hydrogens (primary N) is 1. The molecule has 2 aromatic rings. The van der Waals surface area contributed by atoms with E-state index in [4.69, 9.17) is 5.73 Å². The molecule has 1 aromatic heterocycles. The Labute approximate surface area is 112 Å². The third-order valence-corrected chi connectivity index (χ3v) is 2.98. The molecule has 0 fully saturated rings. The highest BCUT2D eigenvalue weighted by atomic mass is 16.1. The number of nitrogen functional groups attached to an aromatic ring is 1. The summed E-state index contributed by atoms with van der Waals surface area (Å²) in [6.45, 7) is 5.74. The van der Waals surface area contributed by atoms with Crippen LogP contribution in [0.1, 0.15) is 27.2 Å². The fraction of sp³-hybridized carbons (Fsp3) is 0.286. The molecule has 1 aromatic carbocycles. The quantitative estimate of drug-likeness (QED) is 0.867. The van der Waals surface area contributed by atoms with Crippen LogP contribution in [0.2, 0.25) is 0 Å². The Morgan fingerprint density at radius 3 is 2.26 bits per heavy atom. The lowest BCUT2D eigenvalue weighted by atomic mass is 10.1. The molecule has 19 heavy (non-hydrogen) atoms. The van der Waals surface area contributed by atoms with Crippen LogP contribution in [0.4, 0.5) is 11.5 Å². The van der Waals surface area contributed by atoms with Crippen molar-refractivity contribution < 1.29 is 4.79 Å². The highest BCUT2D eigenvalue weighted by Gasteiger charge is 2.14. The van der Waals surface area contributed by atoms with Gasteiger partial charge >= 0.3 is 0 Å². The summed E-state index contributed by atoms with van der Waals surface area (Å²) in [5.41, 5.74) is 9.83. The summed E-state index contributed by atoms with van der Waals surface area (Å²) in [7, 11) is 1.75. The zero-order chi connectivity index (χ0) is 14.2. The van der Waals surface area contributed by atoms with Crippen LogP contribution in [0.25, 0.3) is 0 Å². The molecule has 0 saturated carbocycles. The van der Waals surface area contributed by atoms with Gasteiger partial charge in [0.25, 0.3) is 5.91 Å². The van der Waals surface area contributed by atoms with Gasteiger partial charge in [-0.15, -0.1) is 0 Å². The van der Waals surface area contributed by atoms with E-state index >= 15 is 0 Å². The van der Waals surface area contributed by atoms with Crippen LogP contribution < -0.4 is 11.1 Å². The summed E-state index contributed by atoms with van der Waals surface area (Å²) >= 11 is 0. The molecule has 0 bridgehead atoms. The van der Waals surface area contributed by atoms with Gasteiger partial charge in [0, 0.05) is 12.6 Å². The molecule has 1 heterocycles. The second kappa shape index (κ2) is 4.76. The molecule has 0 spiro atoms. The van der Waals surface area contributed by atoms with Crippen molar-refractivity contribution in [2.45, 2.75) is 20.8 Å². The Balaban J connectivity index is 2.30. The van der Waals surface area contributed by atoms with Crippen molar-refractivity contribution in [3.8, 4) is 0 Å². The maximum Gasteiger partial charge on any atom is 0.256 e. The van der Waals surface area contributed by atoms with E-state index in [-0.39, 0.29) is 5.91 Å². The van der Waals surface area contributed by atoms with Gasteiger partial charge in [-0.2, -0.15) is 5.10 Å². The molecule has 0 saturated heterocycles. The number of nitrogens with zero attached hydrogens (tertiary/aromatic N) is 2. The van der Waals surface area contributed by atoms with E-state index in [9.17, 15) is 4.79 Å². The summed E-state index contributed by atoms with van der Waals surface area (Å²) in [4.78, 5) is 12.2. The lowest BCUT2D eigenvalue weighted by Crippen LogP contribution is -2.16. The van der Waals surface area contributed by atoms with Crippen LogP contribution in [0.15, 0.2) is 18.2 Å². The van der Waals surface area contributed by atoms with Gasteiger partial charge in [-0.3, -0.25) is 9.48 Å². The first-order valence-corrected chi connectivity index (χ1v) is 6.07. The van der Waals surface area contributed by atoms with E-state index in [1.165, 1.54) is 0 Å². The number of carbonyl (C=O) groups is 1. The second-order valence-corrected chi connectivity index (χ2v) is 4.80. The highest BCUT2D eigenvalue weighted by molar-refractivity contribution is 6.05. The van der Waals surface area contributed by atoms with Crippen molar-refractivity contribution >= 4 is 17.4 Å². The van der Waals surface area contributed by atoms with Crippen molar-refractivity contribution in [3.05, 3.63) is 40.6 Å². The van der Waals surface area contributed by atoms with Crippen molar-refractivity contribution in [1.82, 2.24) is 9.78 Å². The van der Waals surface area contributed by atoms with Gasteiger partial charge in [0.15, 0.2) is 5.82 Å². The average Bonchev–Trinajstić information content (AvgIpc) is 2.54. The van der Waals surface area contributed by atoms with Crippen LogP contribution >= 0.6 is 0 Å². The fourth-order valence-corrected chi connectivity index (χ4v) is 2.11. The fourth-order valence-electron chi connectivity index (χ4n) is 2.11. The van der Waals surface area contributed by atoms with Gasteiger partial charge in [0.2, 0.25) is 0 Å². The van der Waals surface area contributed by atoms with Crippen molar-refractivity contribution in [1.29, 1.82) is 0 Å². The van der Waals surface area contributed by atoms with E-state index in [1.807, 2.05) is 39.0 Å². The van der Waals surface area contributed by atoms with E-state index in [2.05, 4.69) is 10.4 Å². The Hall–Kier alpha value is -2.30. The number of hydrogen-bond acceptors (Lipinski definition) is 3. The maximum absolute atomic E-state index is 12.2. The van der Waals surface area contributed by atoms with E-state index in [0.717, 1.165) is 11.1 Å². The minimum atomic E-state index is -0.179. The topological polar surface area (TPSA) is 72.9 Å². The summed E-state index contributed by atoms with van der Waals surface area (Å²) in [6, 6.07) is 5.73. The van der Waals surface area contributed by atoms with Gasteiger partial charge in [-0.1, -0.05) is 17.2 Å². The number of nitrogens with one attached hydrogen (secondary N) is 1. The molecule has 3 N–H and O–H groups in total. The van der Waals surface area contributed by atoms with Gasteiger partial charge < -0.3 is 11.1 Å². The minimum Gasteiger partial charge on any atom is -0.394 e. The number of benzene rings is 1. The SMILES string of the molecule is Cc1cc(C)cc(C(=O)Nc2c(N)c(C)nn2C)c1. The van der Waals surface area contributed by atoms with Crippen LogP contribution in [0, 0.1) is 20.8 Å². The molecule has 2 rings (SSSR count). The molecular formula is C14H18N4O. The number of rotatable bonds is 2. The van der Waals surface area contributed by atoms with Crippen molar-refractivity contribution in [3.63, 3.8) is 0 Å². The van der Waals surface area contributed by atoms with Gasteiger partial charge in [0.05, 0.1) is 11.4 Å². The largest absolute Gasteiger partial charge is 0.394 e. The van der Waals surface area contributed by atoms with E-state index < -0.39 is 0 Å². The lowest BCUT2D eigenvalue weighted by molar-refractivity contribution is 0.102. The number of amides is 1. The Morgan fingerprint density at radius 2 is 1.79 bits per heavy atom. The van der Waals surface area contributed by atoms with Crippen LogP contribution in [0.5, 0.6) is 0 Å². The monoisotopic (exact) mass is 258 g/mol. The third-order valence-electron chi connectivity index (χ3n) is 2.98. The lowest BCUT2D eigenvalue weighted by Gasteiger charge is -2.08. The molecule has 0 radical (unpaired) electrons. The predicted octanol–water partition coefficient (Wildman–Crippen LogP) is 2.18. The first kappa shape index (κ1) is 13.1. The van der Waals surface area contributed by atoms with Crippen molar-refractivity contribution in [2.75, 3.05) is 11.1 Å². The molecule has 5 nitrogen and oxygen atoms in total. The number of aromatic nitrogens is 2. The summed E-state index contributed by atoms with van der Waals surface area (Å²) in [6.07, 6.45) is 0. The van der Waals surface area contributed by atoms with Crippen LogP contribution in [-0.2, 0) is 7.05 Å². The Bertz CT molecular complexity index is 623. The number of anilines is 2. The first-order chi connectivity index (χ1) is 8.88. The molecule has 1 amide bonds. The molecule has 0 aliphatic carbocycles. The zero-order valence-electron chi connectivity index (χ0n) is 11.6. The molecule has 100 valence electrons. The number of aryl methyl sites for hydroxylation is 4. The molecule has 0 aliphatic heterocycles. The average molecular weight is 258 g/mol. The van der Waals surface area contributed by atoms with E-state index in [0.29, 0.717) is 22.8 Å². The number of hydrogen-bond donors (Lipinski definition) is 2. The smallest absolute Gasteiger partial charge is 0.256 e. The van der Waals surface area contributed by atoms with Gasteiger partial charge in [-0.25, -0.2) is 0 Å². The van der Waals surface area contributed by atoms with Crippen molar-refractivity contribution in [2.24, 2.45) is 7.05 Å². The molecule has 0 aliphatic rings. The van der Waals surface area contributed by atoms with Gasteiger partial charge in [0.1, 0.15) is 0 Å². The second-order valence-electron chi connectivity index (χ2n) is 4.80. The van der Waals surface area contributed by atoms with Crippen LogP contribution in [-0.4, -0.2) is 15.7 Å². The summed E-state index contributed by atoms with van der Waals surface area (Å²) < 4.78 is 1.57. The normalized spacial score (nSPS) is 10.5. The summed E-state index contributed by atoms with van der Waals surface area (Å²) in [5.74, 6) is 0.350. The number of carbonyl (C=O) groups excluding carboxylic acids is 1. The maximum atomic E-state index is 12.2.